The smallest absolute Gasteiger partial charge is 0.337 e. The third kappa shape index (κ3) is 2.82. The maximum Gasteiger partial charge on any atom is 0.337 e. The molecule has 0 amide bonds. The number of aliphatic hydroxyl groups is 1. The number of likely N-dealkylation sites (tertiary alicyclic amines) is 1. The summed E-state index contributed by atoms with van der Waals surface area (Å²) in [4.78, 5) is 15.7. The Morgan fingerprint density at radius 3 is 2.86 bits per heavy atom. The van der Waals surface area contributed by atoms with Gasteiger partial charge in [0.25, 0.3) is 0 Å². The van der Waals surface area contributed by atoms with E-state index in [0.717, 1.165) is 25.1 Å². The normalized spacial score (nSPS) is 23.7. The molecular weight excluding hydrogens is 284 g/mol. The lowest BCUT2D eigenvalue weighted by atomic mass is 10.1. The van der Waals surface area contributed by atoms with Gasteiger partial charge >= 0.3 is 5.97 Å². The molecule has 0 saturated carbocycles. The van der Waals surface area contributed by atoms with Crippen molar-refractivity contribution < 1.29 is 19.4 Å². The summed E-state index contributed by atoms with van der Waals surface area (Å²) in [6.07, 6.45) is 0.549. The molecule has 2 heterocycles. The number of ether oxygens (including phenoxy) is 2. The molecule has 1 unspecified atom stereocenters. The van der Waals surface area contributed by atoms with Crippen molar-refractivity contribution in [3.05, 3.63) is 29.3 Å². The van der Waals surface area contributed by atoms with Gasteiger partial charge in [0.1, 0.15) is 12.4 Å². The molecule has 3 rings (SSSR count). The van der Waals surface area contributed by atoms with Crippen LogP contribution < -0.4 is 4.74 Å². The highest BCUT2D eigenvalue weighted by molar-refractivity contribution is 5.89. The molecule has 120 valence electrons. The molecule has 0 aliphatic carbocycles. The highest BCUT2D eigenvalue weighted by Crippen LogP contribution is 2.28. The van der Waals surface area contributed by atoms with Crippen molar-refractivity contribution in [1.29, 1.82) is 0 Å². The number of carbonyl (C=O) groups excluding carboxylic acids is 1. The molecule has 0 bridgehead atoms. The van der Waals surface area contributed by atoms with Gasteiger partial charge in [0.2, 0.25) is 0 Å². The third-order valence-electron chi connectivity index (χ3n) is 4.40. The Hall–Kier alpha value is -1.63. The predicted molar refractivity (Wildman–Crippen MR) is 80.5 cm³/mol. The molecule has 0 spiro atoms. The second-order valence-corrected chi connectivity index (χ2v) is 5.88. The van der Waals surface area contributed by atoms with E-state index >= 15 is 0 Å². The van der Waals surface area contributed by atoms with E-state index < -0.39 is 6.35 Å². The van der Waals surface area contributed by atoms with Crippen LogP contribution in [0.25, 0.3) is 0 Å². The lowest BCUT2D eigenvalue weighted by molar-refractivity contribution is -0.154. The number of carbonyl (C=O) groups is 1. The van der Waals surface area contributed by atoms with Crippen molar-refractivity contribution in [2.45, 2.75) is 32.3 Å². The highest BCUT2D eigenvalue weighted by Gasteiger charge is 2.32. The Labute approximate surface area is 130 Å². The molecule has 1 saturated heterocycles. The first-order valence-corrected chi connectivity index (χ1v) is 7.62. The minimum atomic E-state index is -0.585. The van der Waals surface area contributed by atoms with Gasteiger partial charge in [-0.2, -0.15) is 0 Å². The molecule has 0 aromatic heterocycles. The molecule has 22 heavy (non-hydrogen) atoms. The van der Waals surface area contributed by atoms with E-state index in [0.29, 0.717) is 24.5 Å². The number of hydrogen-bond acceptors (Lipinski definition) is 6. The summed E-state index contributed by atoms with van der Waals surface area (Å²) >= 11 is 0. The van der Waals surface area contributed by atoms with Crippen LogP contribution in [0.2, 0.25) is 0 Å². The van der Waals surface area contributed by atoms with Crippen LogP contribution in [-0.4, -0.2) is 60.1 Å². The number of aliphatic hydroxyl groups excluding tert-OH is 1. The number of esters is 1. The van der Waals surface area contributed by atoms with E-state index in [2.05, 4.69) is 0 Å². The summed E-state index contributed by atoms with van der Waals surface area (Å²) in [5, 5.41) is 10.5. The zero-order valence-electron chi connectivity index (χ0n) is 13.0. The molecular formula is C16H22N2O4. The summed E-state index contributed by atoms with van der Waals surface area (Å²) in [6.45, 7) is 4.97. The van der Waals surface area contributed by atoms with Crippen molar-refractivity contribution >= 4 is 5.97 Å². The molecule has 2 aliphatic heterocycles. The van der Waals surface area contributed by atoms with E-state index in [4.69, 9.17) is 9.47 Å². The van der Waals surface area contributed by atoms with Gasteiger partial charge in [-0.3, -0.25) is 9.80 Å². The fraction of sp³-hybridized carbons (Fsp3) is 0.562. The van der Waals surface area contributed by atoms with E-state index in [1.54, 1.807) is 12.1 Å². The molecule has 2 aliphatic rings. The standard InChI is InChI=1S/C16H22N2O4/c1-11-10-22-14-8-12(15(19)21-2)4-5-13(14)9-18(11)16(20)17-6-3-7-17/h4-5,8,11,16,20H,3,6-7,9-10H2,1-2H3/t11-,16?/m0/s1. The molecule has 1 fully saturated rings. The first kappa shape index (κ1) is 15.3. The van der Waals surface area contributed by atoms with Crippen molar-refractivity contribution in [3.63, 3.8) is 0 Å². The van der Waals surface area contributed by atoms with Gasteiger partial charge in [0.15, 0.2) is 6.35 Å². The fourth-order valence-corrected chi connectivity index (χ4v) is 2.81. The Morgan fingerprint density at radius 2 is 2.23 bits per heavy atom. The fourth-order valence-electron chi connectivity index (χ4n) is 2.81. The number of nitrogens with zero attached hydrogens (tertiary/aromatic N) is 2. The molecule has 0 radical (unpaired) electrons. The lowest BCUT2D eigenvalue weighted by Crippen LogP contribution is -2.56. The number of hydrogen-bond donors (Lipinski definition) is 1. The van der Waals surface area contributed by atoms with Gasteiger partial charge < -0.3 is 14.6 Å². The van der Waals surface area contributed by atoms with Crippen LogP contribution in [0.4, 0.5) is 0 Å². The molecule has 1 aromatic carbocycles. The Kier molecular flexibility index (Phi) is 4.33. The highest BCUT2D eigenvalue weighted by atomic mass is 16.5. The first-order valence-electron chi connectivity index (χ1n) is 7.62. The Morgan fingerprint density at radius 1 is 1.45 bits per heavy atom. The summed E-state index contributed by atoms with van der Waals surface area (Å²) in [5.74, 6) is 0.314. The second kappa shape index (κ2) is 6.24. The van der Waals surface area contributed by atoms with E-state index in [9.17, 15) is 9.90 Å². The van der Waals surface area contributed by atoms with E-state index in [-0.39, 0.29) is 12.0 Å². The zero-order valence-corrected chi connectivity index (χ0v) is 13.0. The number of benzene rings is 1. The van der Waals surface area contributed by atoms with Gasteiger partial charge in [0, 0.05) is 31.2 Å². The van der Waals surface area contributed by atoms with Gasteiger partial charge in [-0.05, 0) is 25.5 Å². The molecule has 1 aromatic rings. The third-order valence-corrected chi connectivity index (χ3v) is 4.40. The minimum absolute atomic E-state index is 0.0876. The Bertz CT molecular complexity index is 559. The van der Waals surface area contributed by atoms with Crippen LogP contribution in [0.15, 0.2) is 18.2 Å². The van der Waals surface area contributed by atoms with Crippen molar-refractivity contribution in [1.82, 2.24) is 9.80 Å². The van der Waals surface area contributed by atoms with Gasteiger partial charge in [-0.1, -0.05) is 6.07 Å². The van der Waals surface area contributed by atoms with Crippen LogP contribution in [0.1, 0.15) is 29.3 Å². The SMILES string of the molecule is COC(=O)c1ccc2c(c1)OC[C@H](C)N(C(O)N1CCC1)C2. The van der Waals surface area contributed by atoms with Gasteiger partial charge in [0.05, 0.1) is 12.7 Å². The topological polar surface area (TPSA) is 62.2 Å². The summed E-state index contributed by atoms with van der Waals surface area (Å²) in [7, 11) is 1.36. The van der Waals surface area contributed by atoms with Crippen LogP contribution >= 0.6 is 0 Å². The summed E-state index contributed by atoms with van der Waals surface area (Å²) in [5.41, 5.74) is 1.45. The second-order valence-electron chi connectivity index (χ2n) is 5.88. The molecule has 2 atom stereocenters. The maximum absolute atomic E-state index is 11.6. The maximum atomic E-state index is 11.6. The van der Waals surface area contributed by atoms with E-state index in [1.807, 2.05) is 22.8 Å². The monoisotopic (exact) mass is 306 g/mol. The zero-order chi connectivity index (χ0) is 15.7. The quantitative estimate of drug-likeness (QED) is 0.842. The van der Waals surface area contributed by atoms with Crippen LogP contribution in [0.5, 0.6) is 5.75 Å². The van der Waals surface area contributed by atoms with Crippen molar-refractivity contribution in [2.75, 3.05) is 26.8 Å². The average molecular weight is 306 g/mol. The molecule has 6 nitrogen and oxygen atoms in total. The van der Waals surface area contributed by atoms with Crippen LogP contribution in [-0.2, 0) is 11.3 Å². The van der Waals surface area contributed by atoms with E-state index in [1.165, 1.54) is 7.11 Å². The average Bonchev–Trinajstić information content (AvgIpc) is 2.63. The first-order chi connectivity index (χ1) is 10.6. The Balaban J connectivity index is 1.82. The number of fused-ring (bicyclic) bond motifs is 1. The minimum Gasteiger partial charge on any atom is -0.492 e. The predicted octanol–water partition coefficient (Wildman–Crippen LogP) is 1.04. The number of rotatable bonds is 3. The number of methoxy groups -OCH3 is 1. The van der Waals surface area contributed by atoms with Crippen molar-refractivity contribution in [3.8, 4) is 5.75 Å². The largest absolute Gasteiger partial charge is 0.492 e. The molecule has 1 N–H and O–H groups in total. The van der Waals surface area contributed by atoms with Gasteiger partial charge in [-0.15, -0.1) is 0 Å². The van der Waals surface area contributed by atoms with Crippen LogP contribution in [0, 0.1) is 0 Å². The van der Waals surface area contributed by atoms with Gasteiger partial charge in [-0.25, -0.2) is 4.79 Å². The van der Waals surface area contributed by atoms with Crippen molar-refractivity contribution in [2.24, 2.45) is 0 Å². The molecule has 6 heteroatoms. The lowest BCUT2D eigenvalue weighted by Gasteiger charge is -2.42. The summed E-state index contributed by atoms with van der Waals surface area (Å²) < 4.78 is 10.6. The van der Waals surface area contributed by atoms with Crippen LogP contribution in [0.3, 0.4) is 0 Å². The summed E-state index contributed by atoms with van der Waals surface area (Å²) in [6, 6.07) is 5.41.